The lowest BCUT2D eigenvalue weighted by atomic mass is 10.1. The van der Waals surface area contributed by atoms with Crippen LogP contribution in [0.2, 0.25) is 0 Å². The van der Waals surface area contributed by atoms with Crippen molar-refractivity contribution in [1.82, 2.24) is 39.5 Å². The molecule has 2 fully saturated rings. The highest BCUT2D eigenvalue weighted by Crippen LogP contribution is 2.36. The Morgan fingerprint density at radius 1 is 1.09 bits per heavy atom. The van der Waals surface area contributed by atoms with Gasteiger partial charge in [-0.05, 0) is 69.3 Å². The summed E-state index contributed by atoms with van der Waals surface area (Å²) in [6.45, 7) is 1.64. The number of aromatic nitrogens is 4. The average molecular weight is 585 g/mol. The Labute approximate surface area is 249 Å². The summed E-state index contributed by atoms with van der Waals surface area (Å²) < 4.78 is 4.28. The van der Waals surface area contributed by atoms with Crippen molar-refractivity contribution >= 4 is 40.0 Å². The highest BCUT2D eigenvalue weighted by molar-refractivity contribution is 5.98. The molecule has 3 N–H and O–H groups in total. The number of fused-ring (bicyclic) bond motifs is 2. The van der Waals surface area contributed by atoms with Gasteiger partial charge in [-0.25, -0.2) is 14.8 Å². The first-order valence-electron chi connectivity index (χ1n) is 14.5. The van der Waals surface area contributed by atoms with Crippen molar-refractivity contribution in [2.45, 2.75) is 31.5 Å². The third-order valence-electron chi connectivity index (χ3n) is 8.14. The molecule has 1 saturated heterocycles. The van der Waals surface area contributed by atoms with Crippen LogP contribution in [0.3, 0.4) is 0 Å². The molecule has 1 saturated carbocycles. The third-order valence-corrected chi connectivity index (χ3v) is 8.14. The van der Waals surface area contributed by atoms with Gasteiger partial charge in [0, 0.05) is 56.4 Å². The molecule has 0 bridgehead atoms. The van der Waals surface area contributed by atoms with Crippen molar-refractivity contribution in [2.24, 2.45) is 13.0 Å². The number of hydrogen-bond donors (Lipinski definition) is 3. The second-order valence-corrected chi connectivity index (χ2v) is 11.7. The van der Waals surface area contributed by atoms with Crippen molar-refractivity contribution in [2.75, 3.05) is 33.7 Å². The van der Waals surface area contributed by atoms with Crippen LogP contribution < -0.4 is 10.6 Å². The minimum atomic E-state index is -1.10. The van der Waals surface area contributed by atoms with Crippen molar-refractivity contribution < 1.29 is 19.5 Å². The Morgan fingerprint density at radius 3 is 2.58 bits per heavy atom. The van der Waals surface area contributed by atoms with Crippen LogP contribution >= 0.6 is 0 Å². The van der Waals surface area contributed by atoms with Crippen LogP contribution in [0.25, 0.3) is 33.6 Å². The molecule has 3 amide bonds. The number of likely N-dealkylation sites (tertiary alicyclic amines) is 1. The van der Waals surface area contributed by atoms with Gasteiger partial charge in [-0.3, -0.25) is 9.59 Å². The monoisotopic (exact) mass is 584 g/mol. The second-order valence-electron chi connectivity index (χ2n) is 11.7. The molecule has 1 aliphatic carbocycles. The van der Waals surface area contributed by atoms with Crippen molar-refractivity contribution in [3.8, 4) is 11.5 Å². The first-order chi connectivity index (χ1) is 20.7. The van der Waals surface area contributed by atoms with E-state index in [9.17, 15) is 19.5 Å². The van der Waals surface area contributed by atoms with Gasteiger partial charge in [0.25, 0.3) is 5.91 Å². The predicted octanol–water partition coefficient (Wildman–Crippen LogP) is 2.69. The minimum absolute atomic E-state index is 0.0724. The summed E-state index contributed by atoms with van der Waals surface area (Å²) in [7, 11) is 5.76. The molecular formula is C31H36N8O4. The van der Waals surface area contributed by atoms with Crippen LogP contribution in [0.5, 0.6) is 0 Å². The summed E-state index contributed by atoms with van der Waals surface area (Å²) in [5, 5.41) is 16.4. The van der Waals surface area contributed by atoms with Crippen LogP contribution in [0.1, 0.15) is 23.2 Å². The number of hydrogen-bond acceptors (Lipinski definition) is 6. The first-order valence-corrected chi connectivity index (χ1v) is 14.5. The van der Waals surface area contributed by atoms with E-state index in [-0.39, 0.29) is 24.9 Å². The Morgan fingerprint density at radius 2 is 1.86 bits per heavy atom. The Hall–Kier alpha value is -4.71. The van der Waals surface area contributed by atoms with E-state index in [0.717, 1.165) is 34.6 Å². The Kier molecular flexibility index (Phi) is 7.61. The molecule has 1 aliphatic heterocycles. The van der Waals surface area contributed by atoms with E-state index in [4.69, 9.17) is 4.98 Å². The van der Waals surface area contributed by atoms with E-state index < -0.39 is 18.2 Å². The van der Waals surface area contributed by atoms with Crippen LogP contribution in [-0.4, -0.2) is 97.7 Å². The van der Waals surface area contributed by atoms with Gasteiger partial charge >= 0.3 is 6.09 Å². The summed E-state index contributed by atoms with van der Waals surface area (Å²) in [5.74, 6) is 0.747. The molecule has 1 aromatic carbocycles. The minimum Gasteiger partial charge on any atom is -0.465 e. The number of aryl methyl sites for hydroxylation is 1. The van der Waals surface area contributed by atoms with Crippen molar-refractivity contribution in [3.05, 3.63) is 60.3 Å². The maximum absolute atomic E-state index is 13.4. The molecule has 2 atom stereocenters. The molecule has 12 nitrogen and oxygen atoms in total. The van der Waals surface area contributed by atoms with E-state index in [1.165, 1.54) is 23.8 Å². The Balaban J connectivity index is 1.24. The van der Waals surface area contributed by atoms with Crippen LogP contribution in [-0.2, 0) is 18.4 Å². The SMILES string of the molecule is CN(C)C/C=C/C(=O)N[C@H]1CN(C(=O)O)C[C@@H]1NC(=O)c1ccc2c(c1)nc(-c1cc3cccnc3n1CC1CC1)n2C. The van der Waals surface area contributed by atoms with Gasteiger partial charge in [-0.1, -0.05) is 6.08 Å². The number of carbonyl (C=O) groups excluding carboxylic acids is 2. The van der Waals surface area contributed by atoms with E-state index in [2.05, 4.69) is 32.3 Å². The number of carboxylic acid groups (broad SMARTS) is 1. The van der Waals surface area contributed by atoms with Gasteiger partial charge < -0.3 is 34.7 Å². The fourth-order valence-corrected chi connectivity index (χ4v) is 5.69. The van der Waals surface area contributed by atoms with Crippen molar-refractivity contribution in [1.29, 1.82) is 0 Å². The molecule has 43 heavy (non-hydrogen) atoms. The highest BCUT2D eigenvalue weighted by Gasteiger charge is 2.37. The van der Waals surface area contributed by atoms with E-state index in [0.29, 0.717) is 23.5 Å². The van der Waals surface area contributed by atoms with Gasteiger partial charge in [0.15, 0.2) is 5.82 Å². The number of amides is 3. The average Bonchev–Trinajstić information content (AvgIpc) is 3.47. The lowest BCUT2D eigenvalue weighted by Crippen LogP contribution is -2.50. The number of carbonyl (C=O) groups is 3. The molecule has 4 heterocycles. The fourth-order valence-electron chi connectivity index (χ4n) is 5.69. The lowest BCUT2D eigenvalue weighted by Gasteiger charge is -2.20. The van der Waals surface area contributed by atoms with Gasteiger partial charge in [0.2, 0.25) is 5.91 Å². The summed E-state index contributed by atoms with van der Waals surface area (Å²) >= 11 is 0. The predicted molar refractivity (Wildman–Crippen MR) is 163 cm³/mol. The molecule has 0 spiro atoms. The van der Waals surface area contributed by atoms with Gasteiger partial charge in [0.05, 0.1) is 28.8 Å². The maximum Gasteiger partial charge on any atom is 0.407 e. The van der Waals surface area contributed by atoms with Crippen LogP contribution in [0.4, 0.5) is 4.79 Å². The number of nitrogens with zero attached hydrogens (tertiary/aromatic N) is 6. The number of benzene rings is 1. The van der Waals surface area contributed by atoms with Crippen molar-refractivity contribution in [3.63, 3.8) is 0 Å². The topological polar surface area (TPSA) is 138 Å². The fraction of sp³-hybridized carbons (Fsp3) is 0.387. The maximum atomic E-state index is 13.4. The second kappa shape index (κ2) is 11.5. The third kappa shape index (κ3) is 5.96. The van der Waals surface area contributed by atoms with E-state index >= 15 is 0 Å². The van der Waals surface area contributed by atoms with Gasteiger partial charge in [-0.2, -0.15) is 0 Å². The number of rotatable bonds is 9. The molecule has 2 aliphatic rings. The largest absolute Gasteiger partial charge is 0.465 e. The molecule has 3 aromatic heterocycles. The van der Waals surface area contributed by atoms with Crippen LogP contribution in [0.15, 0.2) is 54.7 Å². The molecular weight excluding hydrogens is 548 g/mol. The number of likely N-dealkylation sites (N-methyl/N-ethyl adjacent to an activating group) is 1. The standard InChI is InChI=1S/C31H36N8O4/c1-36(2)13-5-7-27(40)33-23-17-38(31(42)43)18-24(23)35-30(41)21-10-11-25-22(14-21)34-29(37(25)3)26-15-20-6-4-12-32-28(20)39(26)16-19-8-9-19/h4-7,10-12,14-15,19,23-24H,8-9,13,16-18H2,1-3H3,(H,33,40)(H,35,41)(H,42,43)/b7-5+/t23-,24-/m0/s1. The summed E-state index contributed by atoms with van der Waals surface area (Å²) in [4.78, 5) is 50.3. The Bertz CT molecular complexity index is 1730. The number of nitrogens with one attached hydrogen (secondary N) is 2. The summed E-state index contributed by atoms with van der Waals surface area (Å²) in [6, 6.07) is 10.3. The van der Waals surface area contributed by atoms with Gasteiger partial charge in [0.1, 0.15) is 5.65 Å². The molecule has 6 rings (SSSR count). The molecule has 0 unspecified atom stereocenters. The zero-order chi connectivity index (χ0) is 30.2. The van der Waals surface area contributed by atoms with Gasteiger partial charge in [-0.15, -0.1) is 0 Å². The quantitative estimate of drug-likeness (QED) is 0.257. The number of pyridine rings is 1. The summed E-state index contributed by atoms with van der Waals surface area (Å²) in [5.41, 5.74) is 3.90. The zero-order valence-electron chi connectivity index (χ0n) is 24.5. The first kappa shape index (κ1) is 28.4. The van der Waals surface area contributed by atoms with Crippen LogP contribution in [0, 0.1) is 5.92 Å². The molecule has 224 valence electrons. The number of imidazole rings is 1. The van der Waals surface area contributed by atoms with E-state index in [1.807, 2.05) is 48.9 Å². The zero-order valence-corrected chi connectivity index (χ0v) is 24.5. The highest BCUT2D eigenvalue weighted by atomic mass is 16.4. The molecule has 4 aromatic rings. The summed E-state index contributed by atoms with van der Waals surface area (Å²) in [6.07, 6.45) is 6.30. The van der Waals surface area contributed by atoms with E-state index in [1.54, 1.807) is 18.2 Å². The normalized spacial score (nSPS) is 18.7. The smallest absolute Gasteiger partial charge is 0.407 e. The lowest BCUT2D eigenvalue weighted by molar-refractivity contribution is -0.117. The molecule has 12 heteroatoms. The molecule has 0 radical (unpaired) electrons.